The Morgan fingerprint density at radius 1 is 1.14 bits per heavy atom. The summed E-state index contributed by atoms with van der Waals surface area (Å²) < 4.78 is 0. The van der Waals surface area contributed by atoms with E-state index in [2.05, 4.69) is 15.1 Å². The van der Waals surface area contributed by atoms with Crippen LogP contribution in [-0.4, -0.2) is 101 Å². The van der Waals surface area contributed by atoms with E-state index in [1.54, 1.807) is 13.8 Å². The van der Waals surface area contributed by atoms with E-state index in [4.69, 9.17) is 5.11 Å². The van der Waals surface area contributed by atoms with Crippen LogP contribution in [0.3, 0.4) is 0 Å². The summed E-state index contributed by atoms with van der Waals surface area (Å²) in [6.07, 6.45) is -0.756. The van der Waals surface area contributed by atoms with Crippen molar-refractivity contribution in [3.05, 3.63) is 0 Å². The van der Waals surface area contributed by atoms with Crippen molar-refractivity contribution in [1.82, 2.24) is 20.0 Å². The molecule has 0 aromatic heterocycles. The summed E-state index contributed by atoms with van der Waals surface area (Å²) in [7, 11) is 0. The summed E-state index contributed by atoms with van der Waals surface area (Å²) in [5.41, 5.74) is -0.896. The fourth-order valence-corrected chi connectivity index (χ4v) is 2.89. The van der Waals surface area contributed by atoms with Gasteiger partial charge in [-0.2, -0.15) is 0 Å². The van der Waals surface area contributed by atoms with Gasteiger partial charge in [0.05, 0.1) is 19.3 Å². The largest absolute Gasteiger partial charge is 0.395 e. The first kappa shape index (κ1) is 17.1. The Morgan fingerprint density at radius 2 is 1.73 bits per heavy atom. The average Bonchev–Trinajstić information content (AvgIpc) is 2.63. The van der Waals surface area contributed by atoms with Gasteiger partial charge in [0.15, 0.2) is 0 Å². The maximum atomic E-state index is 12.1. The van der Waals surface area contributed by atoms with E-state index in [9.17, 15) is 14.7 Å². The number of hydrogen-bond acceptors (Lipinski definition) is 6. The van der Waals surface area contributed by atoms with E-state index in [-0.39, 0.29) is 19.1 Å². The normalized spacial score (nSPS) is 24.6. The molecule has 3 N–H and O–H groups in total. The molecule has 2 fully saturated rings. The molecule has 0 bridgehead atoms. The first-order chi connectivity index (χ1) is 10.3. The van der Waals surface area contributed by atoms with Gasteiger partial charge in [0.2, 0.25) is 0 Å². The molecule has 0 spiro atoms. The highest BCUT2D eigenvalue weighted by molar-refractivity contribution is 6.06. The van der Waals surface area contributed by atoms with Crippen molar-refractivity contribution in [2.24, 2.45) is 0 Å². The van der Waals surface area contributed by atoms with Gasteiger partial charge in [-0.3, -0.25) is 19.5 Å². The van der Waals surface area contributed by atoms with Crippen molar-refractivity contribution in [3.63, 3.8) is 0 Å². The number of hydrogen-bond donors (Lipinski definition) is 3. The fraction of sp³-hybridized carbons (Fsp3) is 0.857. The van der Waals surface area contributed by atoms with Gasteiger partial charge >= 0.3 is 6.03 Å². The number of aliphatic hydroxyl groups excluding tert-OH is 2. The van der Waals surface area contributed by atoms with Gasteiger partial charge in [0.25, 0.3) is 5.91 Å². The molecule has 2 rings (SSSR count). The van der Waals surface area contributed by atoms with E-state index in [0.717, 1.165) is 31.1 Å². The van der Waals surface area contributed by atoms with Crippen LogP contribution >= 0.6 is 0 Å². The number of nitrogens with zero attached hydrogens (tertiary/aromatic N) is 3. The molecule has 0 aromatic carbocycles. The minimum atomic E-state index is -0.896. The Bertz CT molecular complexity index is 421. The third kappa shape index (κ3) is 3.95. The quantitative estimate of drug-likeness (QED) is 0.505. The first-order valence-corrected chi connectivity index (χ1v) is 7.71. The Balaban J connectivity index is 1.78. The maximum absolute atomic E-state index is 12.1. The highest BCUT2D eigenvalue weighted by Crippen LogP contribution is 2.17. The topological polar surface area (TPSA) is 96.4 Å². The number of carbonyl (C=O) groups is 2. The summed E-state index contributed by atoms with van der Waals surface area (Å²) in [6, 6.07) is -0.443. The van der Waals surface area contributed by atoms with Crippen molar-refractivity contribution in [2.45, 2.75) is 25.5 Å². The van der Waals surface area contributed by atoms with Crippen LogP contribution < -0.4 is 5.32 Å². The Labute approximate surface area is 130 Å². The Kier molecular flexibility index (Phi) is 5.38. The molecular weight excluding hydrogens is 288 g/mol. The van der Waals surface area contributed by atoms with Crippen LogP contribution in [0.4, 0.5) is 4.79 Å². The molecule has 8 nitrogen and oxygen atoms in total. The van der Waals surface area contributed by atoms with Crippen molar-refractivity contribution < 1.29 is 19.8 Å². The lowest BCUT2D eigenvalue weighted by Crippen LogP contribution is -2.51. The van der Waals surface area contributed by atoms with E-state index in [1.165, 1.54) is 0 Å². The molecule has 1 unspecified atom stereocenters. The highest BCUT2D eigenvalue weighted by atomic mass is 16.3. The van der Waals surface area contributed by atoms with E-state index in [1.807, 2.05) is 0 Å². The highest BCUT2D eigenvalue weighted by Gasteiger charge is 2.44. The molecule has 2 heterocycles. The lowest BCUT2D eigenvalue weighted by Gasteiger charge is -2.35. The Hall–Kier alpha value is -1.22. The third-order valence-corrected chi connectivity index (χ3v) is 4.19. The van der Waals surface area contributed by atoms with Gasteiger partial charge < -0.3 is 15.5 Å². The molecule has 0 aromatic rings. The van der Waals surface area contributed by atoms with Crippen molar-refractivity contribution in [3.8, 4) is 0 Å². The number of carbonyl (C=O) groups excluding carboxylic acids is 2. The lowest BCUT2D eigenvalue weighted by atomic mass is 10.1. The number of imide groups is 1. The molecule has 1 atom stereocenters. The van der Waals surface area contributed by atoms with Gasteiger partial charge in [-0.15, -0.1) is 0 Å². The van der Waals surface area contributed by atoms with Crippen LogP contribution in [0, 0.1) is 0 Å². The molecule has 2 saturated heterocycles. The van der Waals surface area contributed by atoms with E-state index >= 15 is 0 Å². The summed E-state index contributed by atoms with van der Waals surface area (Å²) >= 11 is 0. The summed E-state index contributed by atoms with van der Waals surface area (Å²) in [5.74, 6) is -0.302. The number of urea groups is 1. The van der Waals surface area contributed by atoms with Gasteiger partial charge in [-0.25, -0.2) is 4.79 Å². The molecule has 0 saturated carbocycles. The number of nitrogens with one attached hydrogen (secondary N) is 1. The number of piperazine rings is 1. The van der Waals surface area contributed by atoms with Gasteiger partial charge in [0, 0.05) is 39.3 Å². The van der Waals surface area contributed by atoms with Crippen LogP contribution in [0.2, 0.25) is 0 Å². The SMILES string of the molecule is CC1(C)NC(=O)N(CC(O)CN2CCN(CCO)CC2)C1=O. The number of aliphatic hydroxyl groups is 2. The predicted octanol–water partition coefficient (Wildman–Crippen LogP) is -1.71. The molecule has 3 amide bonds. The van der Waals surface area contributed by atoms with Crippen LogP contribution in [0.1, 0.15) is 13.8 Å². The smallest absolute Gasteiger partial charge is 0.325 e. The Morgan fingerprint density at radius 3 is 2.23 bits per heavy atom. The van der Waals surface area contributed by atoms with Crippen molar-refractivity contribution >= 4 is 11.9 Å². The molecule has 0 aliphatic carbocycles. The number of β-amino-alcohol motifs (C(OH)–C–C–N with tert-alkyl or cyclic N) is 2. The monoisotopic (exact) mass is 314 g/mol. The second-order valence-electron chi connectivity index (χ2n) is 6.49. The lowest BCUT2D eigenvalue weighted by molar-refractivity contribution is -0.131. The minimum Gasteiger partial charge on any atom is -0.395 e. The van der Waals surface area contributed by atoms with Crippen LogP contribution in [0.25, 0.3) is 0 Å². The second kappa shape index (κ2) is 6.91. The van der Waals surface area contributed by atoms with Gasteiger partial charge in [-0.05, 0) is 13.8 Å². The second-order valence-corrected chi connectivity index (χ2v) is 6.49. The standard InChI is InChI=1S/C14H26N4O4/c1-14(2)12(21)18(13(22)15-14)10-11(20)9-17-5-3-16(4-6-17)7-8-19/h11,19-20H,3-10H2,1-2H3,(H,15,22). The molecule has 2 aliphatic heterocycles. The molecule has 2 aliphatic rings. The minimum absolute atomic E-state index is 0.0188. The summed E-state index contributed by atoms with van der Waals surface area (Å²) in [4.78, 5) is 29.2. The zero-order chi connectivity index (χ0) is 16.3. The van der Waals surface area contributed by atoms with Crippen LogP contribution in [0.5, 0.6) is 0 Å². The number of amides is 3. The van der Waals surface area contributed by atoms with E-state index in [0.29, 0.717) is 13.1 Å². The van der Waals surface area contributed by atoms with Crippen LogP contribution in [0.15, 0.2) is 0 Å². The average molecular weight is 314 g/mol. The summed E-state index contributed by atoms with van der Waals surface area (Å²) in [6.45, 7) is 7.91. The van der Waals surface area contributed by atoms with Crippen molar-refractivity contribution in [1.29, 1.82) is 0 Å². The van der Waals surface area contributed by atoms with Gasteiger partial charge in [0.1, 0.15) is 5.54 Å². The zero-order valence-electron chi connectivity index (χ0n) is 13.3. The molecule has 126 valence electrons. The number of rotatable bonds is 6. The van der Waals surface area contributed by atoms with Crippen molar-refractivity contribution in [2.75, 3.05) is 52.4 Å². The van der Waals surface area contributed by atoms with Gasteiger partial charge in [-0.1, -0.05) is 0 Å². The first-order valence-electron chi connectivity index (χ1n) is 7.71. The predicted molar refractivity (Wildman–Crippen MR) is 80.3 cm³/mol. The van der Waals surface area contributed by atoms with E-state index < -0.39 is 17.7 Å². The van der Waals surface area contributed by atoms with Crippen LogP contribution in [-0.2, 0) is 4.79 Å². The fourth-order valence-electron chi connectivity index (χ4n) is 2.89. The zero-order valence-corrected chi connectivity index (χ0v) is 13.3. The third-order valence-electron chi connectivity index (χ3n) is 4.19. The maximum Gasteiger partial charge on any atom is 0.325 e. The molecular formula is C14H26N4O4. The molecule has 8 heteroatoms. The summed E-state index contributed by atoms with van der Waals surface area (Å²) in [5, 5.41) is 21.7. The molecule has 0 radical (unpaired) electrons. The molecule has 22 heavy (non-hydrogen) atoms.